The Kier molecular flexibility index (Phi) is 5.25. The maximum Gasteiger partial charge on any atom is 0.329 e. The van der Waals surface area contributed by atoms with Crippen LogP contribution in [0.5, 0.6) is 11.5 Å². The first-order valence-corrected chi connectivity index (χ1v) is 7.46. The molecule has 0 bridgehead atoms. The Bertz CT molecular complexity index is 522. The van der Waals surface area contributed by atoms with Crippen molar-refractivity contribution in [2.75, 3.05) is 13.2 Å². The van der Waals surface area contributed by atoms with Gasteiger partial charge >= 0.3 is 5.97 Å². The molecule has 0 radical (unpaired) electrons. The number of carboxylic acid groups (broad SMARTS) is 1. The predicted octanol–water partition coefficient (Wildman–Crippen LogP) is 1.98. The summed E-state index contributed by atoms with van der Waals surface area (Å²) in [5.74, 6) is -0.118. The molecule has 120 valence electrons. The number of ether oxygens (including phenoxy) is 2. The van der Waals surface area contributed by atoms with E-state index in [-0.39, 0.29) is 6.61 Å². The molecule has 1 amide bonds. The van der Waals surface area contributed by atoms with Gasteiger partial charge in [0.2, 0.25) is 0 Å². The van der Waals surface area contributed by atoms with Crippen LogP contribution in [0.3, 0.4) is 0 Å². The number of hydrogen-bond donors (Lipinski definition) is 2. The largest absolute Gasteiger partial charge is 0.494 e. The van der Waals surface area contributed by atoms with Crippen LogP contribution in [0.25, 0.3) is 0 Å². The van der Waals surface area contributed by atoms with E-state index in [1.54, 1.807) is 24.3 Å². The molecule has 0 spiro atoms. The van der Waals surface area contributed by atoms with Crippen molar-refractivity contribution in [3.05, 3.63) is 24.3 Å². The summed E-state index contributed by atoms with van der Waals surface area (Å²) >= 11 is 0. The summed E-state index contributed by atoms with van der Waals surface area (Å²) in [5.41, 5.74) is -1.10. The summed E-state index contributed by atoms with van der Waals surface area (Å²) in [6.07, 6.45) is 2.69. The van der Waals surface area contributed by atoms with E-state index >= 15 is 0 Å². The van der Waals surface area contributed by atoms with Gasteiger partial charge in [-0.05, 0) is 49.9 Å². The molecule has 1 saturated carbocycles. The quantitative estimate of drug-likeness (QED) is 0.767. The monoisotopic (exact) mass is 307 g/mol. The van der Waals surface area contributed by atoms with Crippen LogP contribution in [0.15, 0.2) is 24.3 Å². The van der Waals surface area contributed by atoms with Gasteiger partial charge in [0.25, 0.3) is 5.91 Å². The zero-order valence-corrected chi connectivity index (χ0v) is 12.6. The molecule has 0 unspecified atom stereocenters. The summed E-state index contributed by atoms with van der Waals surface area (Å²) < 4.78 is 10.8. The van der Waals surface area contributed by atoms with Crippen LogP contribution in [-0.2, 0) is 9.59 Å². The number of nitrogens with one attached hydrogen (secondary N) is 1. The molecular formula is C16H21NO5. The highest BCUT2D eigenvalue weighted by atomic mass is 16.5. The SMILES string of the molecule is CCCOc1ccc(OCC(=O)NC2(C(=O)O)CCC2)cc1. The van der Waals surface area contributed by atoms with Crippen LogP contribution in [0.1, 0.15) is 32.6 Å². The van der Waals surface area contributed by atoms with Gasteiger partial charge < -0.3 is 19.9 Å². The number of carbonyl (C=O) groups is 2. The molecule has 6 heteroatoms. The van der Waals surface area contributed by atoms with E-state index in [0.29, 0.717) is 25.2 Å². The lowest BCUT2D eigenvalue weighted by atomic mass is 9.77. The molecule has 1 aliphatic carbocycles. The predicted molar refractivity (Wildman–Crippen MR) is 80.1 cm³/mol. The molecule has 1 aromatic carbocycles. The first-order valence-electron chi connectivity index (χ1n) is 7.46. The fourth-order valence-electron chi connectivity index (χ4n) is 2.23. The number of carbonyl (C=O) groups excluding carboxylic acids is 1. The number of carboxylic acids is 1. The number of amides is 1. The van der Waals surface area contributed by atoms with Gasteiger partial charge in [0, 0.05) is 0 Å². The first-order chi connectivity index (χ1) is 10.6. The van der Waals surface area contributed by atoms with E-state index in [1.165, 1.54) is 0 Å². The third-order valence-electron chi connectivity index (χ3n) is 3.66. The molecule has 1 fully saturated rings. The highest BCUT2D eigenvalue weighted by Gasteiger charge is 2.45. The number of aliphatic carboxylic acids is 1. The molecule has 0 heterocycles. The molecule has 0 aliphatic heterocycles. The molecule has 0 atom stereocenters. The van der Waals surface area contributed by atoms with Gasteiger partial charge in [-0.15, -0.1) is 0 Å². The van der Waals surface area contributed by atoms with Crippen molar-refractivity contribution in [1.82, 2.24) is 5.32 Å². The van der Waals surface area contributed by atoms with E-state index < -0.39 is 17.4 Å². The summed E-state index contributed by atoms with van der Waals surface area (Å²) in [6.45, 7) is 2.48. The fourth-order valence-corrected chi connectivity index (χ4v) is 2.23. The minimum absolute atomic E-state index is 0.204. The van der Waals surface area contributed by atoms with Gasteiger partial charge in [-0.2, -0.15) is 0 Å². The van der Waals surface area contributed by atoms with Gasteiger partial charge in [0.15, 0.2) is 6.61 Å². The molecule has 22 heavy (non-hydrogen) atoms. The Morgan fingerprint density at radius 3 is 2.23 bits per heavy atom. The molecule has 0 saturated heterocycles. The van der Waals surface area contributed by atoms with Crippen molar-refractivity contribution in [2.45, 2.75) is 38.1 Å². The Hall–Kier alpha value is -2.24. The Morgan fingerprint density at radius 2 is 1.77 bits per heavy atom. The van der Waals surface area contributed by atoms with Gasteiger partial charge in [-0.1, -0.05) is 6.92 Å². The second-order valence-electron chi connectivity index (χ2n) is 5.40. The maximum atomic E-state index is 11.8. The summed E-state index contributed by atoms with van der Waals surface area (Å²) in [7, 11) is 0. The van der Waals surface area contributed by atoms with E-state index in [0.717, 1.165) is 18.6 Å². The highest BCUT2D eigenvalue weighted by molar-refractivity contribution is 5.88. The smallest absolute Gasteiger partial charge is 0.329 e. The second kappa shape index (κ2) is 7.15. The molecule has 6 nitrogen and oxygen atoms in total. The number of rotatable bonds is 8. The van der Waals surface area contributed by atoms with Crippen molar-refractivity contribution in [3.63, 3.8) is 0 Å². The second-order valence-corrected chi connectivity index (χ2v) is 5.40. The molecular weight excluding hydrogens is 286 g/mol. The lowest BCUT2D eigenvalue weighted by Crippen LogP contribution is -2.59. The van der Waals surface area contributed by atoms with E-state index in [4.69, 9.17) is 14.6 Å². The van der Waals surface area contributed by atoms with E-state index in [9.17, 15) is 9.59 Å². The van der Waals surface area contributed by atoms with E-state index in [2.05, 4.69) is 5.32 Å². The molecule has 0 aromatic heterocycles. The van der Waals surface area contributed by atoms with Crippen molar-refractivity contribution < 1.29 is 24.2 Å². The zero-order chi connectivity index (χ0) is 16.0. The van der Waals surface area contributed by atoms with Crippen molar-refractivity contribution in [2.24, 2.45) is 0 Å². The van der Waals surface area contributed by atoms with Crippen LogP contribution in [0.4, 0.5) is 0 Å². The number of hydrogen-bond acceptors (Lipinski definition) is 4. The van der Waals surface area contributed by atoms with Gasteiger partial charge in [-0.3, -0.25) is 4.79 Å². The van der Waals surface area contributed by atoms with Gasteiger partial charge in [0.1, 0.15) is 17.0 Å². The lowest BCUT2D eigenvalue weighted by molar-refractivity contribution is -0.152. The minimum atomic E-state index is -1.10. The highest BCUT2D eigenvalue weighted by Crippen LogP contribution is 2.31. The standard InChI is InChI=1S/C16H21NO5/c1-2-10-21-12-4-6-13(7-5-12)22-11-14(18)17-16(15(19)20)8-3-9-16/h4-7H,2-3,8-11H2,1H3,(H,17,18)(H,19,20). The topological polar surface area (TPSA) is 84.9 Å². The number of benzene rings is 1. The van der Waals surface area contributed by atoms with E-state index in [1.807, 2.05) is 6.92 Å². The average Bonchev–Trinajstić information content (AvgIpc) is 2.47. The Morgan fingerprint density at radius 1 is 1.18 bits per heavy atom. The Labute approximate surface area is 129 Å². The minimum Gasteiger partial charge on any atom is -0.494 e. The molecule has 1 aromatic rings. The van der Waals surface area contributed by atoms with Crippen molar-refractivity contribution >= 4 is 11.9 Å². The van der Waals surface area contributed by atoms with Crippen molar-refractivity contribution in [1.29, 1.82) is 0 Å². The Balaban J connectivity index is 1.79. The van der Waals surface area contributed by atoms with Crippen LogP contribution >= 0.6 is 0 Å². The summed E-state index contributed by atoms with van der Waals surface area (Å²) in [6, 6.07) is 6.98. The summed E-state index contributed by atoms with van der Waals surface area (Å²) in [5, 5.41) is 11.7. The van der Waals surface area contributed by atoms with Crippen molar-refractivity contribution in [3.8, 4) is 11.5 Å². The fraction of sp³-hybridized carbons (Fsp3) is 0.500. The van der Waals surface area contributed by atoms with Crippen LogP contribution in [-0.4, -0.2) is 35.7 Å². The normalized spacial score (nSPS) is 15.5. The lowest BCUT2D eigenvalue weighted by Gasteiger charge is -2.38. The molecule has 2 N–H and O–H groups in total. The third kappa shape index (κ3) is 3.90. The molecule has 1 aliphatic rings. The van der Waals surface area contributed by atoms with Gasteiger partial charge in [0.05, 0.1) is 6.61 Å². The third-order valence-corrected chi connectivity index (χ3v) is 3.66. The van der Waals surface area contributed by atoms with Crippen LogP contribution in [0.2, 0.25) is 0 Å². The van der Waals surface area contributed by atoms with Crippen LogP contribution < -0.4 is 14.8 Å². The first kappa shape index (κ1) is 16.1. The summed E-state index contributed by atoms with van der Waals surface area (Å²) in [4.78, 5) is 23.0. The molecule has 2 rings (SSSR count). The van der Waals surface area contributed by atoms with Gasteiger partial charge in [-0.25, -0.2) is 4.79 Å². The maximum absolute atomic E-state index is 11.8. The average molecular weight is 307 g/mol. The van der Waals surface area contributed by atoms with Crippen LogP contribution in [0, 0.1) is 0 Å². The zero-order valence-electron chi connectivity index (χ0n) is 12.6.